The molecule has 10 heteroatoms. The average molecular weight is 437 g/mol. The molecule has 2 amide bonds. The molecule has 4 aromatic rings. The maximum absolute atomic E-state index is 12.8. The first-order valence-electron chi connectivity index (χ1n) is 9.83. The number of para-hydroxylation sites is 2. The van der Waals surface area contributed by atoms with Crippen molar-refractivity contribution < 1.29 is 23.8 Å². The van der Waals surface area contributed by atoms with Crippen molar-refractivity contribution in [1.29, 1.82) is 0 Å². The molecule has 10 nitrogen and oxygen atoms in total. The first-order valence-corrected chi connectivity index (χ1v) is 9.83. The number of amides is 2. The number of hydrogen-bond acceptors (Lipinski definition) is 6. The van der Waals surface area contributed by atoms with Gasteiger partial charge in [-0.05, 0) is 31.2 Å². The zero-order valence-electron chi connectivity index (χ0n) is 18.0. The number of carbonyl (C=O) groups is 2. The van der Waals surface area contributed by atoms with Crippen LogP contribution in [0.5, 0.6) is 17.2 Å². The highest BCUT2D eigenvalue weighted by Crippen LogP contribution is 2.43. The zero-order chi connectivity index (χ0) is 22.8. The SMILES string of the molecule is COc1cc2cc(C(=O)N[C@H](C)C(=O)Nc3nc4ccccc4[nH]3)[nH]c2c(OC)c1OC. The van der Waals surface area contributed by atoms with Crippen molar-refractivity contribution in [3.05, 3.63) is 42.1 Å². The zero-order valence-corrected chi connectivity index (χ0v) is 18.0. The highest BCUT2D eigenvalue weighted by Gasteiger charge is 2.22. The van der Waals surface area contributed by atoms with Crippen LogP contribution in [-0.4, -0.2) is 54.1 Å². The summed E-state index contributed by atoms with van der Waals surface area (Å²) in [5.41, 5.74) is 2.38. The Balaban J connectivity index is 1.51. The molecule has 0 spiro atoms. The Morgan fingerprint density at radius 2 is 1.75 bits per heavy atom. The summed E-state index contributed by atoms with van der Waals surface area (Å²) < 4.78 is 16.2. The Morgan fingerprint density at radius 1 is 1.00 bits per heavy atom. The van der Waals surface area contributed by atoms with Crippen LogP contribution in [0.3, 0.4) is 0 Å². The Morgan fingerprint density at radius 3 is 2.44 bits per heavy atom. The normalized spacial score (nSPS) is 11.9. The van der Waals surface area contributed by atoms with Gasteiger partial charge in [0.25, 0.3) is 5.91 Å². The number of fused-ring (bicyclic) bond motifs is 2. The van der Waals surface area contributed by atoms with E-state index in [1.165, 1.54) is 21.3 Å². The number of anilines is 1. The van der Waals surface area contributed by atoms with Gasteiger partial charge in [0.1, 0.15) is 11.7 Å². The molecule has 0 unspecified atom stereocenters. The number of aromatic amines is 2. The van der Waals surface area contributed by atoms with E-state index in [2.05, 4.69) is 25.6 Å². The van der Waals surface area contributed by atoms with Crippen LogP contribution in [-0.2, 0) is 4.79 Å². The van der Waals surface area contributed by atoms with E-state index in [1.807, 2.05) is 24.3 Å². The third-order valence-corrected chi connectivity index (χ3v) is 5.04. The summed E-state index contributed by atoms with van der Waals surface area (Å²) in [6, 6.07) is 10.0. The molecular formula is C22H23N5O5. The number of ether oxygens (including phenoxy) is 3. The monoisotopic (exact) mass is 437 g/mol. The molecule has 4 rings (SSSR count). The molecule has 0 fully saturated rings. The second-order valence-corrected chi connectivity index (χ2v) is 7.08. The number of benzene rings is 2. The molecule has 0 bridgehead atoms. The van der Waals surface area contributed by atoms with Gasteiger partial charge in [-0.25, -0.2) is 4.98 Å². The van der Waals surface area contributed by atoms with Gasteiger partial charge in [0.15, 0.2) is 11.5 Å². The van der Waals surface area contributed by atoms with E-state index >= 15 is 0 Å². The van der Waals surface area contributed by atoms with E-state index in [9.17, 15) is 9.59 Å². The predicted octanol–water partition coefficient (Wildman–Crippen LogP) is 2.83. The van der Waals surface area contributed by atoms with E-state index in [-0.39, 0.29) is 5.69 Å². The summed E-state index contributed by atoms with van der Waals surface area (Å²) in [7, 11) is 4.53. The maximum Gasteiger partial charge on any atom is 0.268 e. The van der Waals surface area contributed by atoms with Gasteiger partial charge in [-0.3, -0.25) is 14.9 Å². The Hall–Kier alpha value is -4.21. The maximum atomic E-state index is 12.8. The largest absolute Gasteiger partial charge is 0.493 e. The molecule has 2 aromatic heterocycles. The fraction of sp³-hybridized carbons (Fsp3) is 0.227. The van der Waals surface area contributed by atoms with Gasteiger partial charge in [0, 0.05) is 5.39 Å². The molecule has 0 saturated carbocycles. The number of hydrogen-bond donors (Lipinski definition) is 4. The minimum atomic E-state index is -0.812. The van der Waals surface area contributed by atoms with E-state index in [1.54, 1.807) is 19.1 Å². The predicted molar refractivity (Wildman–Crippen MR) is 120 cm³/mol. The quantitative estimate of drug-likeness (QED) is 0.352. The van der Waals surface area contributed by atoms with Crippen molar-refractivity contribution in [3.8, 4) is 17.2 Å². The van der Waals surface area contributed by atoms with Crippen LogP contribution in [0, 0.1) is 0 Å². The highest BCUT2D eigenvalue weighted by atomic mass is 16.5. The van der Waals surface area contributed by atoms with Crippen LogP contribution in [0.25, 0.3) is 21.9 Å². The number of methoxy groups -OCH3 is 3. The summed E-state index contributed by atoms with van der Waals surface area (Å²) in [6.07, 6.45) is 0. The van der Waals surface area contributed by atoms with Gasteiger partial charge in [-0.2, -0.15) is 0 Å². The average Bonchev–Trinajstić information content (AvgIpc) is 3.40. The number of H-pyrrole nitrogens is 2. The van der Waals surface area contributed by atoms with E-state index < -0.39 is 17.9 Å². The molecule has 0 aliphatic rings. The molecule has 0 aliphatic carbocycles. The molecule has 4 N–H and O–H groups in total. The van der Waals surface area contributed by atoms with Crippen LogP contribution in [0.1, 0.15) is 17.4 Å². The third-order valence-electron chi connectivity index (χ3n) is 5.04. The van der Waals surface area contributed by atoms with Gasteiger partial charge in [0.05, 0.1) is 37.9 Å². The molecule has 166 valence electrons. The molecule has 0 radical (unpaired) electrons. The molecule has 2 heterocycles. The first-order chi connectivity index (χ1) is 15.4. The summed E-state index contributed by atoms with van der Waals surface area (Å²) in [4.78, 5) is 35.7. The molecule has 2 aromatic carbocycles. The second-order valence-electron chi connectivity index (χ2n) is 7.08. The van der Waals surface area contributed by atoms with Crippen LogP contribution < -0.4 is 24.8 Å². The molecule has 0 aliphatic heterocycles. The van der Waals surface area contributed by atoms with Crippen molar-refractivity contribution in [2.24, 2.45) is 0 Å². The number of nitrogens with zero attached hydrogens (tertiary/aromatic N) is 1. The lowest BCUT2D eigenvalue weighted by Gasteiger charge is -2.13. The highest BCUT2D eigenvalue weighted by molar-refractivity contribution is 6.03. The Bertz CT molecular complexity index is 1280. The van der Waals surface area contributed by atoms with Gasteiger partial charge < -0.3 is 29.5 Å². The summed E-state index contributed by atoms with van der Waals surface area (Å²) >= 11 is 0. The van der Waals surface area contributed by atoms with Crippen molar-refractivity contribution in [1.82, 2.24) is 20.3 Å². The standard InChI is InChI=1S/C22H23N5O5/c1-11(20(28)27-22-25-13-7-5-6-8-14(13)26-22)23-21(29)15-9-12-10-16(30-2)18(31-3)19(32-4)17(12)24-15/h5-11,24H,1-4H3,(H,23,29)(H2,25,26,27,28)/t11-/m1/s1. The van der Waals surface area contributed by atoms with Crippen molar-refractivity contribution in [2.45, 2.75) is 13.0 Å². The fourth-order valence-electron chi connectivity index (χ4n) is 3.44. The second kappa shape index (κ2) is 8.50. The van der Waals surface area contributed by atoms with Crippen molar-refractivity contribution in [2.75, 3.05) is 26.6 Å². The van der Waals surface area contributed by atoms with Gasteiger partial charge in [-0.1, -0.05) is 12.1 Å². The molecule has 1 atom stereocenters. The number of imidazole rings is 1. The topological polar surface area (TPSA) is 130 Å². The Kier molecular flexibility index (Phi) is 5.59. The van der Waals surface area contributed by atoms with Gasteiger partial charge in [0.2, 0.25) is 17.6 Å². The molecular weight excluding hydrogens is 414 g/mol. The van der Waals surface area contributed by atoms with Crippen LogP contribution in [0.4, 0.5) is 5.95 Å². The lowest BCUT2D eigenvalue weighted by Crippen LogP contribution is -2.41. The molecule has 32 heavy (non-hydrogen) atoms. The summed E-state index contributed by atoms with van der Waals surface area (Å²) in [5, 5.41) is 6.06. The van der Waals surface area contributed by atoms with Crippen molar-refractivity contribution in [3.63, 3.8) is 0 Å². The van der Waals surface area contributed by atoms with Crippen molar-refractivity contribution >= 4 is 39.7 Å². The Labute approximate surface area is 183 Å². The lowest BCUT2D eigenvalue weighted by atomic mass is 10.2. The summed E-state index contributed by atoms with van der Waals surface area (Å²) in [6.45, 7) is 1.59. The molecule has 0 saturated heterocycles. The van der Waals surface area contributed by atoms with Gasteiger partial charge >= 0.3 is 0 Å². The number of aromatic nitrogens is 3. The number of nitrogens with one attached hydrogen (secondary N) is 4. The number of carbonyl (C=O) groups excluding carboxylic acids is 2. The summed E-state index contributed by atoms with van der Waals surface area (Å²) in [5.74, 6) is 0.752. The van der Waals surface area contributed by atoms with Crippen LogP contribution >= 0.6 is 0 Å². The minimum absolute atomic E-state index is 0.261. The minimum Gasteiger partial charge on any atom is -0.493 e. The third kappa shape index (κ3) is 3.78. The lowest BCUT2D eigenvalue weighted by molar-refractivity contribution is -0.117. The van der Waals surface area contributed by atoms with Gasteiger partial charge in [-0.15, -0.1) is 0 Å². The van der Waals surface area contributed by atoms with Crippen LogP contribution in [0.2, 0.25) is 0 Å². The number of rotatable bonds is 7. The smallest absolute Gasteiger partial charge is 0.268 e. The van der Waals surface area contributed by atoms with E-state index in [0.717, 1.165) is 11.0 Å². The first kappa shape index (κ1) is 21.0. The van der Waals surface area contributed by atoms with Crippen LogP contribution in [0.15, 0.2) is 36.4 Å². The van der Waals surface area contributed by atoms with E-state index in [4.69, 9.17) is 14.2 Å². The van der Waals surface area contributed by atoms with E-state index in [0.29, 0.717) is 34.1 Å². The fourth-order valence-corrected chi connectivity index (χ4v) is 3.44.